The third-order valence-electron chi connectivity index (χ3n) is 2.73. The van der Waals surface area contributed by atoms with Gasteiger partial charge in [-0.1, -0.05) is 6.92 Å². The summed E-state index contributed by atoms with van der Waals surface area (Å²) in [5, 5.41) is 3.49. The monoisotopic (exact) mass is 297 g/mol. The van der Waals surface area contributed by atoms with Gasteiger partial charge >= 0.3 is 0 Å². The van der Waals surface area contributed by atoms with Crippen LogP contribution in [0.1, 0.15) is 43.9 Å². The van der Waals surface area contributed by atoms with Crippen molar-refractivity contribution in [2.75, 3.05) is 0 Å². The van der Waals surface area contributed by atoms with Crippen LogP contribution in [0.25, 0.3) is 0 Å². The predicted octanol–water partition coefficient (Wildman–Crippen LogP) is 3.57. The normalized spacial score (nSPS) is 14.8. The molecule has 0 saturated carbocycles. The Balaban J connectivity index is 2.04. The Hall–Kier alpha value is -1.07. The Kier molecular flexibility index (Phi) is 4.02. The zero-order chi connectivity index (χ0) is 12.3. The molecule has 0 aliphatic heterocycles. The molecular weight excluding hydrogens is 282 g/mol. The van der Waals surface area contributed by atoms with Gasteiger partial charge in [0.05, 0.1) is 12.1 Å². The molecule has 0 saturated heterocycles. The summed E-state index contributed by atoms with van der Waals surface area (Å²) in [6.45, 7) is 4.21. The summed E-state index contributed by atoms with van der Waals surface area (Å²) in [4.78, 5) is 7.42. The molecule has 4 nitrogen and oxygen atoms in total. The zero-order valence-electron chi connectivity index (χ0n) is 9.90. The molecule has 0 spiro atoms. The van der Waals surface area contributed by atoms with E-state index in [1.54, 1.807) is 6.20 Å². The summed E-state index contributed by atoms with van der Waals surface area (Å²) in [5.74, 6) is 1.88. The van der Waals surface area contributed by atoms with Gasteiger partial charge in [0.25, 0.3) is 0 Å². The van der Waals surface area contributed by atoms with E-state index >= 15 is 0 Å². The van der Waals surface area contributed by atoms with Crippen LogP contribution in [0, 0.1) is 0 Å². The number of H-pyrrole nitrogens is 1. The van der Waals surface area contributed by atoms with Gasteiger partial charge in [-0.15, -0.1) is 0 Å². The summed E-state index contributed by atoms with van der Waals surface area (Å²) in [6.07, 6.45) is 4.58. The maximum absolute atomic E-state index is 5.53. The highest BCUT2D eigenvalue weighted by Crippen LogP contribution is 2.23. The molecule has 0 amide bonds. The number of hydrogen-bond acceptors (Lipinski definition) is 3. The maximum atomic E-state index is 5.53. The van der Waals surface area contributed by atoms with E-state index in [-0.39, 0.29) is 12.1 Å². The number of nitrogens with one attached hydrogen (secondary N) is 2. The second-order valence-electron chi connectivity index (χ2n) is 3.97. The number of hydrogen-bond donors (Lipinski definition) is 2. The van der Waals surface area contributed by atoms with E-state index in [9.17, 15) is 0 Å². The minimum atomic E-state index is 0.149. The standard InChI is InChI=1S/C12H16BrN3O/c1-3-9(12-14-6-7-15-12)16-8(2)10-4-5-11(13)17-10/h4-9,16H,3H2,1-2H3,(H,14,15). The topological polar surface area (TPSA) is 53.9 Å². The minimum Gasteiger partial charge on any atom is -0.453 e. The van der Waals surface area contributed by atoms with E-state index in [0.29, 0.717) is 0 Å². The number of nitrogens with zero attached hydrogens (tertiary/aromatic N) is 1. The van der Waals surface area contributed by atoms with Crippen molar-refractivity contribution in [3.63, 3.8) is 0 Å². The fraction of sp³-hybridized carbons (Fsp3) is 0.417. The van der Waals surface area contributed by atoms with Crippen molar-refractivity contribution in [3.8, 4) is 0 Å². The molecule has 17 heavy (non-hydrogen) atoms. The molecular formula is C12H16BrN3O. The summed E-state index contributed by atoms with van der Waals surface area (Å²) in [6, 6.07) is 4.23. The lowest BCUT2D eigenvalue weighted by molar-refractivity contribution is 0.373. The van der Waals surface area contributed by atoms with Gasteiger partial charge in [0.15, 0.2) is 4.67 Å². The highest BCUT2D eigenvalue weighted by Gasteiger charge is 2.17. The second-order valence-corrected chi connectivity index (χ2v) is 4.75. The molecule has 2 unspecified atom stereocenters. The third-order valence-corrected chi connectivity index (χ3v) is 3.16. The predicted molar refractivity (Wildman–Crippen MR) is 69.6 cm³/mol. The fourth-order valence-electron chi connectivity index (χ4n) is 1.80. The Morgan fingerprint density at radius 1 is 1.53 bits per heavy atom. The first kappa shape index (κ1) is 12.4. The largest absolute Gasteiger partial charge is 0.453 e. The van der Waals surface area contributed by atoms with Gasteiger partial charge in [-0.05, 0) is 41.4 Å². The molecule has 0 aliphatic carbocycles. The first-order valence-electron chi connectivity index (χ1n) is 5.71. The Labute approximate surface area is 109 Å². The first-order valence-corrected chi connectivity index (χ1v) is 6.50. The second kappa shape index (κ2) is 5.51. The van der Waals surface area contributed by atoms with Crippen LogP contribution in [0.2, 0.25) is 0 Å². The van der Waals surface area contributed by atoms with Gasteiger partial charge in [0.1, 0.15) is 11.6 Å². The smallest absolute Gasteiger partial charge is 0.169 e. The van der Waals surface area contributed by atoms with Crippen LogP contribution in [0.15, 0.2) is 33.6 Å². The van der Waals surface area contributed by atoms with Gasteiger partial charge in [0, 0.05) is 12.4 Å². The van der Waals surface area contributed by atoms with Gasteiger partial charge in [-0.25, -0.2) is 4.98 Å². The quantitative estimate of drug-likeness (QED) is 0.887. The van der Waals surface area contributed by atoms with Crippen LogP contribution in [0.4, 0.5) is 0 Å². The number of furan rings is 1. The van der Waals surface area contributed by atoms with Crippen molar-refractivity contribution in [1.82, 2.24) is 15.3 Å². The van der Waals surface area contributed by atoms with E-state index in [0.717, 1.165) is 22.7 Å². The molecule has 2 aromatic heterocycles. The van der Waals surface area contributed by atoms with Crippen LogP contribution in [0.3, 0.4) is 0 Å². The molecule has 0 fully saturated rings. The van der Waals surface area contributed by atoms with E-state index in [1.165, 1.54) is 0 Å². The van der Waals surface area contributed by atoms with E-state index in [4.69, 9.17) is 4.42 Å². The van der Waals surface area contributed by atoms with Crippen LogP contribution in [-0.2, 0) is 0 Å². The Bertz CT molecular complexity index is 452. The average molecular weight is 298 g/mol. The molecule has 2 heterocycles. The van der Waals surface area contributed by atoms with E-state index in [2.05, 4.69) is 45.1 Å². The molecule has 0 aliphatic rings. The zero-order valence-corrected chi connectivity index (χ0v) is 11.5. The van der Waals surface area contributed by atoms with E-state index < -0.39 is 0 Å². The number of aromatic nitrogens is 2. The molecule has 92 valence electrons. The molecule has 0 radical (unpaired) electrons. The SMILES string of the molecule is CCC(NC(C)c1ccc(Br)o1)c1ncc[nH]1. The van der Waals surface area contributed by atoms with Crippen molar-refractivity contribution in [3.05, 3.63) is 40.8 Å². The third kappa shape index (κ3) is 2.98. The molecule has 2 atom stereocenters. The average Bonchev–Trinajstić information content (AvgIpc) is 2.96. The lowest BCUT2D eigenvalue weighted by Crippen LogP contribution is -2.24. The Morgan fingerprint density at radius 2 is 2.35 bits per heavy atom. The summed E-state index contributed by atoms with van der Waals surface area (Å²) < 4.78 is 6.29. The summed E-state index contributed by atoms with van der Waals surface area (Å²) in [5.41, 5.74) is 0. The van der Waals surface area contributed by atoms with Crippen molar-refractivity contribution < 1.29 is 4.42 Å². The van der Waals surface area contributed by atoms with Crippen molar-refractivity contribution >= 4 is 15.9 Å². The highest BCUT2D eigenvalue weighted by molar-refractivity contribution is 9.10. The van der Waals surface area contributed by atoms with Gasteiger partial charge in [0.2, 0.25) is 0 Å². The lowest BCUT2D eigenvalue weighted by atomic mass is 10.1. The number of aromatic amines is 1. The highest BCUT2D eigenvalue weighted by atomic mass is 79.9. The van der Waals surface area contributed by atoms with Gasteiger partial charge in [-0.3, -0.25) is 5.32 Å². The number of rotatable bonds is 5. The van der Waals surface area contributed by atoms with Gasteiger partial charge < -0.3 is 9.40 Å². The Morgan fingerprint density at radius 3 is 2.88 bits per heavy atom. The van der Waals surface area contributed by atoms with E-state index in [1.807, 2.05) is 18.3 Å². The van der Waals surface area contributed by atoms with Crippen LogP contribution < -0.4 is 5.32 Å². The first-order chi connectivity index (χ1) is 8.20. The van der Waals surface area contributed by atoms with Crippen molar-refractivity contribution in [2.45, 2.75) is 32.4 Å². The molecule has 0 aromatic carbocycles. The summed E-state index contributed by atoms with van der Waals surface area (Å²) in [7, 11) is 0. The van der Waals surface area contributed by atoms with Gasteiger partial charge in [-0.2, -0.15) is 0 Å². The number of imidazole rings is 1. The minimum absolute atomic E-state index is 0.149. The molecule has 2 N–H and O–H groups in total. The molecule has 0 bridgehead atoms. The molecule has 2 aromatic rings. The fourth-order valence-corrected chi connectivity index (χ4v) is 2.12. The lowest BCUT2D eigenvalue weighted by Gasteiger charge is -2.19. The van der Waals surface area contributed by atoms with Crippen molar-refractivity contribution in [1.29, 1.82) is 0 Å². The maximum Gasteiger partial charge on any atom is 0.169 e. The van der Waals surface area contributed by atoms with Crippen molar-refractivity contribution in [2.24, 2.45) is 0 Å². The van der Waals surface area contributed by atoms with Crippen LogP contribution in [-0.4, -0.2) is 9.97 Å². The molecule has 2 rings (SSSR count). The molecule has 5 heteroatoms. The number of halogens is 1. The summed E-state index contributed by atoms with van der Waals surface area (Å²) >= 11 is 3.31. The van der Waals surface area contributed by atoms with Crippen LogP contribution in [0.5, 0.6) is 0 Å². The van der Waals surface area contributed by atoms with Crippen LogP contribution >= 0.6 is 15.9 Å².